The summed E-state index contributed by atoms with van der Waals surface area (Å²) in [6.07, 6.45) is 1.95. The minimum absolute atomic E-state index is 0.0325. The highest BCUT2D eigenvalue weighted by molar-refractivity contribution is 5.85. The third kappa shape index (κ3) is 2.34. The molecule has 3 unspecified atom stereocenters. The number of carbonyl (C=O) groups is 1. The zero-order valence-corrected chi connectivity index (χ0v) is 12.2. The Morgan fingerprint density at radius 2 is 2.05 bits per heavy atom. The number of carbonyl (C=O) groups excluding carboxylic acids is 1. The fraction of sp³-hybridized carbons (Fsp3) is 0.562. The van der Waals surface area contributed by atoms with E-state index < -0.39 is 0 Å². The SMILES string of the molecule is CCC1NC(c2ccccc2)N(C2CCN(C)C2)C1=O. The summed E-state index contributed by atoms with van der Waals surface area (Å²) in [7, 11) is 2.13. The van der Waals surface area contributed by atoms with Crippen molar-refractivity contribution in [2.75, 3.05) is 20.1 Å². The molecule has 4 nitrogen and oxygen atoms in total. The summed E-state index contributed by atoms with van der Waals surface area (Å²) >= 11 is 0. The van der Waals surface area contributed by atoms with Crippen molar-refractivity contribution in [2.45, 2.75) is 38.0 Å². The number of amides is 1. The minimum atomic E-state index is -0.0360. The smallest absolute Gasteiger partial charge is 0.241 e. The molecule has 1 N–H and O–H groups in total. The molecule has 3 atom stereocenters. The molecule has 2 aliphatic heterocycles. The summed E-state index contributed by atoms with van der Waals surface area (Å²) in [5, 5.41) is 3.51. The highest BCUT2D eigenvalue weighted by Gasteiger charge is 2.43. The third-order valence-corrected chi connectivity index (χ3v) is 4.47. The van der Waals surface area contributed by atoms with E-state index in [0.29, 0.717) is 6.04 Å². The molecule has 0 saturated carbocycles. The van der Waals surface area contributed by atoms with Crippen LogP contribution < -0.4 is 5.32 Å². The molecular weight excluding hydrogens is 250 g/mol. The van der Waals surface area contributed by atoms with Crippen LogP contribution in [0, 0.1) is 0 Å². The first-order valence-electron chi connectivity index (χ1n) is 7.52. The number of benzene rings is 1. The minimum Gasteiger partial charge on any atom is -0.317 e. The van der Waals surface area contributed by atoms with Gasteiger partial charge < -0.3 is 9.80 Å². The zero-order chi connectivity index (χ0) is 14.1. The summed E-state index contributed by atoms with van der Waals surface area (Å²) in [6.45, 7) is 4.13. The van der Waals surface area contributed by atoms with Gasteiger partial charge in [0, 0.05) is 12.6 Å². The standard InChI is InChI=1S/C16H23N3O/c1-3-14-16(20)19(13-9-10-18(2)11-13)15(17-14)12-7-5-4-6-8-12/h4-8,13-15,17H,3,9-11H2,1-2H3. The van der Waals surface area contributed by atoms with Crippen molar-refractivity contribution in [2.24, 2.45) is 0 Å². The average Bonchev–Trinajstić information content (AvgIpc) is 3.03. The van der Waals surface area contributed by atoms with Gasteiger partial charge in [0.15, 0.2) is 0 Å². The lowest BCUT2D eigenvalue weighted by Gasteiger charge is -2.30. The van der Waals surface area contributed by atoms with Gasteiger partial charge >= 0.3 is 0 Å². The highest BCUT2D eigenvalue weighted by Crippen LogP contribution is 2.31. The van der Waals surface area contributed by atoms with E-state index in [1.165, 1.54) is 5.56 Å². The second kappa shape index (κ2) is 5.54. The molecule has 2 fully saturated rings. The Bertz CT molecular complexity index is 476. The van der Waals surface area contributed by atoms with Crippen molar-refractivity contribution in [3.05, 3.63) is 35.9 Å². The van der Waals surface area contributed by atoms with Crippen molar-refractivity contribution in [1.29, 1.82) is 0 Å². The second-order valence-electron chi connectivity index (χ2n) is 5.89. The molecule has 2 saturated heterocycles. The fourth-order valence-electron chi connectivity index (χ4n) is 3.36. The molecule has 3 rings (SSSR count). The summed E-state index contributed by atoms with van der Waals surface area (Å²) in [6, 6.07) is 10.6. The number of nitrogens with one attached hydrogen (secondary N) is 1. The summed E-state index contributed by atoms with van der Waals surface area (Å²) in [4.78, 5) is 17.1. The molecule has 108 valence electrons. The topological polar surface area (TPSA) is 35.6 Å². The molecule has 20 heavy (non-hydrogen) atoms. The predicted molar refractivity (Wildman–Crippen MR) is 79.1 cm³/mol. The Hall–Kier alpha value is -1.39. The zero-order valence-electron chi connectivity index (χ0n) is 12.2. The molecule has 0 aliphatic carbocycles. The Morgan fingerprint density at radius 3 is 2.65 bits per heavy atom. The molecule has 0 radical (unpaired) electrons. The maximum absolute atomic E-state index is 12.7. The number of likely N-dealkylation sites (N-methyl/N-ethyl adjacent to an activating group) is 1. The van der Waals surface area contributed by atoms with Crippen molar-refractivity contribution in [3.8, 4) is 0 Å². The van der Waals surface area contributed by atoms with E-state index in [-0.39, 0.29) is 18.1 Å². The van der Waals surface area contributed by atoms with E-state index in [9.17, 15) is 4.79 Å². The Kier molecular flexibility index (Phi) is 3.76. The lowest BCUT2D eigenvalue weighted by molar-refractivity contribution is -0.132. The van der Waals surface area contributed by atoms with Gasteiger partial charge in [-0.2, -0.15) is 0 Å². The van der Waals surface area contributed by atoms with Crippen molar-refractivity contribution in [3.63, 3.8) is 0 Å². The fourth-order valence-corrected chi connectivity index (χ4v) is 3.36. The van der Waals surface area contributed by atoms with Crippen LogP contribution in [0.15, 0.2) is 30.3 Å². The van der Waals surface area contributed by atoms with Gasteiger partial charge in [0.1, 0.15) is 6.17 Å². The quantitative estimate of drug-likeness (QED) is 0.908. The summed E-state index contributed by atoms with van der Waals surface area (Å²) < 4.78 is 0. The van der Waals surface area contributed by atoms with Crippen LogP contribution in [0.1, 0.15) is 31.5 Å². The monoisotopic (exact) mass is 273 g/mol. The second-order valence-corrected chi connectivity index (χ2v) is 5.89. The molecule has 0 bridgehead atoms. The maximum atomic E-state index is 12.7. The number of hydrogen-bond donors (Lipinski definition) is 1. The molecule has 1 amide bonds. The first-order chi connectivity index (χ1) is 9.70. The van der Waals surface area contributed by atoms with Crippen LogP contribution in [0.5, 0.6) is 0 Å². The summed E-state index contributed by atoms with van der Waals surface area (Å²) in [5.41, 5.74) is 1.19. The lowest BCUT2D eigenvalue weighted by atomic mass is 10.1. The Labute approximate surface area is 120 Å². The molecule has 2 aliphatic rings. The van der Waals surface area contributed by atoms with Gasteiger partial charge in [-0.25, -0.2) is 0 Å². The van der Waals surface area contributed by atoms with Crippen LogP contribution in [0.25, 0.3) is 0 Å². The maximum Gasteiger partial charge on any atom is 0.241 e. The van der Waals surface area contributed by atoms with Crippen molar-refractivity contribution >= 4 is 5.91 Å². The van der Waals surface area contributed by atoms with Crippen molar-refractivity contribution in [1.82, 2.24) is 15.1 Å². The molecule has 4 heteroatoms. The molecule has 2 heterocycles. The van der Waals surface area contributed by atoms with Crippen LogP contribution in [0.4, 0.5) is 0 Å². The largest absolute Gasteiger partial charge is 0.317 e. The van der Waals surface area contributed by atoms with E-state index in [1.54, 1.807) is 0 Å². The number of nitrogens with zero attached hydrogens (tertiary/aromatic N) is 2. The molecule has 0 aromatic heterocycles. The normalized spacial score (nSPS) is 31.2. The van der Waals surface area contributed by atoms with Gasteiger partial charge in [-0.05, 0) is 32.0 Å². The van der Waals surface area contributed by atoms with Gasteiger partial charge in [0.2, 0.25) is 5.91 Å². The number of likely N-dealkylation sites (tertiary alicyclic amines) is 1. The van der Waals surface area contributed by atoms with Gasteiger partial charge in [-0.15, -0.1) is 0 Å². The van der Waals surface area contributed by atoms with Gasteiger partial charge in [-0.1, -0.05) is 37.3 Å². The summed E-state index contributed by atoms with van der Waals surface area (Å²) in [5.74, 6) is 0.265. The van der Waals surface area contributed by atoms with Crippen LogP contribution in [0.2, 0.25) is 0 Å². The first-order valence-corrected chi connectivity index (χ1v) is 7.52. The average molecular weight is 273 g/mol. The Morgan fingerprint density at radius 1 is 1.30 bits per heavy atom. The van der Waals surface area contributed by atoms with E-state index >= 15 is 0 Å². The van der Waals surface area contributed by atoms with Crippen LogP contribution in [-0.4, -0.2) is 47.9 Å². The van der Waals surface area contributed by atoms with Gasteiger partial charge in [0.05, 0.1) is 6.04 Å². The van der Waals surface area contributed by atoms with E-state index in [4.69, 9.17) is 0 Å². The van der Waals surface area contributed by atoms with E-state index in [1.807, 2.05) is 18.2 Å². The molecular formula is C16H23N3O. The van der Waals surface area contributed by atoms with Crippen LogP contribution in [-0.2, 0) is 4.79 Å². The van der Waals surface area contributed by atoms with Gasteiger partial charge in [-0.3, -0.25) is 10.1 Å². The molecule has 0 spiro atoms. The number of rotatable bonds is 3. The third-order valence-electron chi connectivity index (χ3n) is 4.47. The predicted octanol–water partition coefficient (Wildman–Crippen LogP) is 1.60. The van der Waals surface area contributed by atoms with Crippen molar-refractivity contribution < 1.29 is 4.79 Å². The highest BCUT2D eigenvalue weighted by atomic mass is 16.2. The lowest BCUT2D eigenvalue weighted by Crippen LogP contribution is -2.41. The first kappa shape index (κ1) is 13.6. The van der Waals surface area contributed by atoms with Crippen LogP contribution in [0.3, 0.4) is 0 Å². The van der Waals surface area contributed by atoms with Gasteiger partial charge in [0.25, 0.3) is 0 Å². The number of hydrogen-bond acceptors (Lipinski definition) is 3. The van der Waals surface area contributed by atoms with Crippen LogP contribution >= 0.6 is 0 Å². The molecule has 1 aromatic carbocycles. The van der Waals surface area contributed by atoms with E-state index in [0.717, 1.165) is 25.9 Å². The van der Waals surface area contributed by atoms with E-state index in [2.05, 4.69) is 41.2 Å². The Balaban J connectivity index is 1.88. The molecule has 1 aromatic rings.